The van der Waals surface area contributed by atoms with E-state index >= 15 is 0 Å². The van der Waals surface area contributed by atoms with Crippen molar-refractivity contribution < 1.29 is 9.90 Å². The van der Waals surface area contributed by atoms with Gasteiger partial charge in [-0.1, -0.05) is 0 Å². The van der Waals surface area contributed by atoms with E-state index in [1.807, 2.05) is 44.4 Å². The second-order valence-electron chi connectivity index (χ2n) is 10.2. The van der Waals surface area contributed by atoms with Crippen LogP contribution < -0.4 is 20.4 Å². The predicted molar refractivity (Wildman–Crippen MR) is 161 cm³/mol. The Morgan fingerprint density at radius 3 is 2.50 bits per heavy atom. The van der Waals surface area contributed by atoms with Crippen LogP contribution in [-0.2, 0) is 0 Å². The van der Waals surface area contributed by atoms with Gasteiger partial charge in [-0.2, -0.15) is 0 Å². The first-order chi connectivity index (χ1) is 19.3. The predicted octanol–water partition coefficient (Wildman–Crippen LogP) is 3.38. The van der Waals surface area contributed by atoms with Crippen LogP contribution in [0.25, 0.3) is 11.3 Å². The van der Waals surface area contributed by atoms with Crippen LogP contribution in [0.1, 0.15) is 55.2 Å². The first-order valence-corrected chi connectivity index (χ1v) is 14.1. The smallest absolute Gasteiger partial charge is 0.252 e. The van der Waals surface area contributed by atoms with Gasteiger partial charge in [0.15, 0.2) is 0 Å². The molecular formula is C30H44N8O2. The molecule has 2 aliphatic heterocycles. The number of anilines is 2. The Kier molecular flexibility index (Phi) is 11.8. The number of aryl methyl sites for hydroxylation is 2. The normalized spacial score (nSPS) is 18.3. The number of hydrogen-bond donors (Lipinski definition) is 3. The Bertz CT molecular complexity index is 1220. The molecule has 3 aromatic rings. The van der Waals surface area contributed by atoms with Gasteiger partial charge in [0.2, 0.25) is 5.95 Å². The molecule has 1 amide bonds. The Morgan fingerprint density at radius 2 is 1.90 bits per heavy atom. The summed E-state index contributed by atoms with van der Waals surface area (Å²) in [6.45, 7) is 14.3. The zero-order valence-electron chi connectivity index (χ0n) is 24.7. The van der Waals surface area contributed by atoms with Crippen LogP contribution in [0.3, 0.4) is 0 Å². The molecule has 3 N–H and O–H groups in total. The van der Waals surface area contributed by atoms with E-state index < -0.39 is 0 Å². The van der Waals surface area contributed by atoms with E-state index in [0.717, 1.165) is 60.5 Å². The van der Waals surface area contributed by atoms with Crippen molar-refractivity contribution in [2.45, 2.75) is 59.5 Å². The Labute approximate surface area is 238 Å². The van der Waals surface area contributed by atoms with Crippen LogP contribution in [0.15, 0.2) is 42.9 Å². The summed E-state index contributed by atoms with van der Waals surface area (Å²) in [6, 6.07) is 8.91. The Morgan fingerprint density at radius 1 is 1.12 bits per heavy atom. The van der Waals surface area contributed by atoms with Gasteiger partial charge in [-0.25, -0.2) is 15.0 Å². The fourth-order valence-corrected chi connectivity index (χ4v) is 4.79. The number of pyridine rings is 2. The number of aliphatic hydroxyl groups is 1. The number of hydrogen-bond acceptors (Lipinski definition) is 9. The number of piperazine rings is 1. The molecule has 0 saturated carbocycles. The van der Waals surface area contributed by atoms with E-state index in [4.69, 9.17) is 5.11 Å². The van der Waals surface area contributed by atoms with Crippen LogP contribution in [-0.4, -0.2) is 82.9 Å². The van der Waals surface area contributed by atoms with E-state index in [1.54, 1.807) is 20.2 Å². The summed E-state index contributed by atoms with van der Waals surface area (Å²) < 4.78 is 0. The van der Waals surface area contributed by atoms with Gasteiger partial charge in [0.25, 0.3) is 5.91 Å². The van der Waals surface area contributed by atoms with Gasteiger partial charge in [-0.05, 0) is 77.3 Å². The molecule has 0 aliphatic carbocycles. The van der Waals surface area contributed by atoms with Crippen molar-refractivity contribution in [1.29, 1.82) is 0 Å². The van der Waals surface area contributed by atoms with Crippen molar-refractivity contribution in [3.05, 3.63) is 59.7 Å². The largest absolute Gasteiger partial charge is 0.397 e. The summed E-state index contributed by atoms with van der Waals surface area (Å²) in [7, 11) is 1.63. The van der Waals surface area contributed by atoms with Crippen LogP contribution in [0, 0.1) is 13.8 Å². The van der Waals surface area contributed by atoms with E-state index in [-0.39, 0.29) is 12.5 Å². The maximum absolute atomic E-state index is 11.5. The molecule has 5 rings (SSSR count). The molecule has 0 bridgehead atoms. The fourth-order valence-electron chi connectivity index (χ4n) is 4.79. The van der Waals surface area contributed by atoms with Gasteiger partial charge in [0.05, 0.1) is 11.3 Å². The molecule has 2 saturated heterocycles. The molecule has 40 heavy (non-hydrogen) atoms. The van der Waals surface area contributed by atoms with Gasteiger partial charge < -0.3 is 25.5 Å². The highest BCUT2D eigenvalue weighted by Gasteiger charge is 2.23. The number of nitrogens with one attached hydrogen (secondary N) is 2. The standard InChI is InChI=1S/C15H18N4.C13H20N4O.C2H6O/c1-11-5-6-13(10-17-11)14-7-8-16-15(18-14)19-9-3-4-12(19)2;1-9-6-11(13(18)14-3)7-16-12(9)17-5-4-15-10(2)8-17;1-2-3/h5-8,10,12H,3-4,9H2,1-2H3;6-7,10,15H,4-5,8H2,1-3H3,(H,14,18);3H,2H2,1H3. The zero-order valence-corrected chi connectivity index (χ0v) is 24.7. The zero-order chi connectivity index (χ0) is 29.1. The average molecular weight is 549 g/mol. The second kappa shape index (κ2) is 15.2. The summed E-state index contributed by atoms with van der Waals surface area (Å²) in [5.41, 5.74) is 4.66. The topological polar surface area (TPSA) is 119 Å². The van der Waals surface area contributed by atoms with Gasteiger partial charge in [-0.3, -0.25) is 9.78 Å². The molecule has 0 aromatic carbocycles. The molecule has 5 heterocycles. The van der Waals surface area contributed by atoms with E-state index in [1.165, 1.54) is 12.8 Å². The molecule has 2 aliphatic rings. The van der Waals surface area contributed by atoms with Crippen molar-refractivity contribution >= 4 is 17.7 Å². The molecule has 0 radical (unpaired) electrons. The number of aromatic nitrogens is 4. The van der Waals surface area contributed by atoms with Crippen molar-refractivity contribution in [3.63, 3.8) is 0 Å². The van der Waals surface area contributed by atoms with E-state index in [9.17, 15) is 4.79 Å². The fraction of sp³-hybridized carbons (Fsp3) is 0.500. The van der Waals surface area contributed by atoms with Crippen LogP contribution in [0.5, 0.6) is 0 Å². The van der Waals surface area contributed by atoms with Gasteiger partial charge in [-0.15, -0.1) is 0 Å². The van der Waals surface area contributed by atoms with Gasteiger partial charge in [0, 0.05) is 81.8 Å². The number of rotatable bonds is 4. The molecule has 216 valence electrons. The minimum atomic E-state index is -0.0918. The lowest BCUT2D eigenvalue weighted by molar-refractivity contribution is 0.0962. The molecule has 0 spiro atoms. The van der Waals surface area contributed by atoms with Crippen LogP contribution >= 0.6 is 0 Å². The van der Waals surface area contributed by atoms with Gasteiger partial charge >= 0.3 is 0 Å². The lowest BCUT2D eigenvalue weighted by Crippen LogP contribution is -2.49. The molecule has 2 atom stereocenters. The Balaban J connectivity index is 0.000000201. The van der Waals surface area contributed by atoms with E-state index in [2.05, 4.69) is 60.3 Å². The monoisotopic (exact) mass is 548 g/mol. The molecule has 2 unspecified atom stereocenters. The maximum Gasteiger partial charge on any atom is 0.252 e. The third kappa shape index (κ3) is 8.43. The molecule has 10 heteroatoms. The summed E-state index contributed by atoms with van der Waals surface area (Å²) in [6.07, 6.45) is 7.80. The van der Waals surface area contributed by atoms with Crippen LogP contribution in [0.2, 0.25) is 0 Å². The lowest BCUT2D eigenvalue weighted by atomic mass is 10.1. The molecule has 10 nitrogen and oxygen atoms in total. The molecular weight excluding hydrogens is 504 g/mol. The molecule has 2 fully saturated rings. The van der Waals surface area contributed by atoms with Crippen molar-refractivity contribution in [2.24, 2.45) is 0 Å². The summed E-state index contributed by atoms with van der Waals surface area (Å²) in [5.74, 6) is 1.73. The minimum absolute atomic E-state index is 0.0918. The average Bonchev–Trinajstić information content (AvgIpc) is 3.39. The number of carbonyl (C=O) groups is 1. The Hall–Kier alpha value is -3.63. The van der Waals surface area contributed by atoms with Crippen molar-refractivity contribution in [3.8, 4) is 11.3 Å². The number of aliphatic hydroxyl groups excluding tert-OH is 1. The van der Waals surface area contributed by atoms with Gasteiger partial charge in [0.1, 0.15) is 5.82 Å². The summed E-state index contributed by atoms with van der Waals surface area (Å²) in [4.78, 5) is 33.9. The highest BCUT2D eigenvalue weighted by atomic mass is 16.2. The minimum Gasteiger partial charge on any atom is -0.397 e. The SMILES string of the molecule is CCO.CNC(=O)c1cnc(N2CCNC(C)C2)c(C)c1.Cc1ccc(-c2ccnc(N3CCCC3C)n2)cn1. The van der Waals surface area contributed by atoms with Crippen molar-refractivity contribution in [1.82, 2.24) is 30.6 Å². The second-order valence-corrected chi connectivity index (χ2v) is 10.2. The van der Waals surface area contributed by atoms with Crippen molar-refractivity contribution in [2.75, 3.05) is 49.6 Å². The highest BCUT2D eigenvalue weighted by molar-refractivity contribution is 5.94. The maximum atomic E-state index is 11.5. The first kappa shape index (κ1) is 30.9. The molecule has 3 aromatic heterocycles. The summed E-state index contributed by atoms with van der Waals surface area (Å²) >= 11 is 0. The van der Waals surface area contributed by atoms with Crippen LogP contribution in [0.4, 0.5) is 11.8 Å². The summed E-state index contributed by atoms with van der Waals surface area (Å²) in [5, 5.41) is 13.6. The lowest BCUT2D eigenvalue weighted by Gasteiger charge is -2.33. The number of nitrogens with zero attached hydrogens (tertiary/aromatic N) is 6. The third-order valence-corrected chi connectivity index (χ3v) is 6.87. The number of amides is 1. The first-order valence-electron chi connectivity index (χ1n) is 14.1. The highest BCUT2D eigenvalue weighted by Crippen LogP contribution is 2.24. The third-order valence-electron chi connectivity index (χ3n) is 6.87. The quantitative estimate of drug-likeness (QED) is 0.451. The number of carbonyl (C=O) groups excluding carboxylic acids is 1. The van der Waals surface area contributed by atoms with E-state index in [0.29, 0.717) is 17.6 Å².